The number of hydrogen-bond donors (Lipinski definition) is 2. The third-order valence-electron chi connectivity index (χ3n) is 3.99. The minimum Gasteiger partial charge on any atom is -0.325 e. The Morgan fingerprint density at radius 2 is 1.88 bits per heavy atom. The van der Waals surface area contributed by atoms with E-state index in [1.807, 2.05) is 62.4 Å². The number of aryl methyl sites for hydroxylation is 2. The van der Waals surface area contributed by atoms with E-state index in [0.717, 1.165) is 22.4 Å². The molecule has 6 nitrogen and oxygen atoms in total. The zero-order valence-electron chi connectivity index (χ0n) is 13.7. The quantitative estimate of drug-likeness (QED) is 0.757. The summed E-state index contributed by atoms with van der Waals surface area (Å²) in [6, 6.07) is 15.7. The molecule has 0 saturated carbocycles. The molecule has 0 aliphatic rings. The van der Waals surface area contributed by atoms with Crippen molar-refractivity contribution in [3.63, 3.8) is 0 Å². The minimum atomic E-state index is -0.508. The molecule has 2 aromatic carbocycles. The van der Waals surface area contributed by atoms with Gasteiger partial charge in [0.05, 0.1) is 0 Å². The number of carbonyl (C=O) groups is 1. The summed E-state index contributed by atoms with van der Waals surface area (Å²) in [5.74, 6) is -0.266. The Bertz CT molecular complexity index is 812. The minimum absolute atomic E-state index is 0.150. The van der Waals surface area contributed by atoms with Gasteiger partial charge in [-0.3, -0.25) is 4.79 Å². The molecule has 3 aromatic rings. The monoisotopic (exact) mass is 321 g/mol. The lowest BCUT2D eigenvalue weighted by molar-refractivity contribution is -0.117. The van der Waals surface area contributed by atoms with Crippen LogP contribution in [0.1, 0.15) is 28.4 Å². The Morgan fingerprint density at radius 3 is 2.54 bits per heavy atom. The van der Waals surface area contributed by atoms with Crippen LogP contribution < -0.4 is 5.32 Å². The molecule has 0 unspecified atom stereocenters. The first-order valence-corrected chi connectivity index (χ1v) is 7.79. The smallest absolute Gasteiger partial charge is 0.235 e. The second kappa shape index (κ2) is 7.04. The first-order chi connectivity index (χ1) is 11.6. The lowest BCUT2D eigenvalue weighted by Crippen LogP contribution is -2.24. The van der Waals surface area contributed by atoms with Crippen molar-refractivity contribution < 1.29 is 4.79 Å². The zero-order chi connectivity index (χ0) is 16.9. The van der Waals surface area contributed by atoms with E-state index in [-0.39, 0.29) is 5.91 Å². The van der Waals surface area contributed by atoms with Gasteiger partial charge in [-0.25, -0.2) is 0 Å². The molecule has 0 aliphatic heterocycles. The van der Waals surface area contributed by atoms with Crippen LogP contribution in [0.25, 0.3) is 0 Å². The molecular formula is C18H19N5O. The van der Waals surface area contributed by atoms with Crippen LogP contribution in [0.5, 0.6) is 0 Å². The van der Waals surface area contributed by atoms with Crippen LogP contribution in [-0.4, -0.2) is 26.5 Å². The van der Waals surface area contributed by atoms with Gasteiger partial charge in [0.1, 0.15) is 5.92 Å². The predicted molar refractivity (Wildman–Crippen MR) is 91.6 cm³/mol. The first kappa shape index (κ1) is 15.9. The van der Waals surface area contributed by atoms with Gasteiger partial charge in [-0.15, -0.1) is 10.2 Å². The molecule has 1 heterocycles. The van der Waals surface area contributed by atoms with Gasteiger partial charge in [-0.05, 0) is 43.5 Å². The van der Waals surface area contributed by atoms with Crippen LogP contribution in [0.4, 0.5) is 5.69 Å². The predicted octanol–water partition coefficient (Wildman–Crippen LogP) is 2.78. The number of anilines is 1. The lowest BCUT2D eigenvalue weighted by atomic mass is 9.94. The van der Waals surface area contributed by atoms with Gasteiger partial charge in [0.15, 0.2) is 5.82 Å². The number of hydrogen-bond acceptors (Lipinski definition) is 4. The largest absolute Gasteiger partial charge is 0.325 e. The molecule has 3 rings (SSSR count). The maximum Gasteiger partial charge on any atom is 0.235 e. The number of benzene rings is 2. The molecule has 0 saturated heterocycles. The summed E-state index contributed by atoms with van der Waals surface area (Å²) < 4.78 is 0. The molecule has 0 aliphatic carbocycles. The van der Waals surface area contributed by atoms with Gasteiger partial charge in [0, 0.05) is 5.69 Å². The molecule has 0 radical (unpaired) electrons. The maximum absolute atomic E-state index is 12.8. The van der Waals surface area contributed by atoms with Crippen molar-refractivity contribution in [3.8, 4) is 0 Å². The maximum atomic E-state index is 12.8. The Balaban J connectivity index is 1.83. The second-order valence-corrected chi connectivity index (χ2v) is 5.81. The van der Waals surface area contributed by atoms with E-state index >= 15 is 0 Å². The number of H-pyrrole nitrogens is 1. The Labute approximate surface area is 140 Å². The van der Waals surface area contributed by atoms with Crippen molar-refractivity contribution in [3.05, 3.63) is 71.0 Å². The molecule has 0 spiro atoms. The van der Waals surface area contributed by atoms with Gasteiger partial charge < -0.3 is 5.32 Å². The summed E-state index contributed by atoms with van der Waals surface area (Å²) in [5.41, 5.74) is 4.12. The number of carbonyl (C=O) groups excluding carboxylic acids is 1. The molecule has 122 valence electrons. The molecule has 1 atom stereocenters. The Kier molecular flexibility index (Phi) is 4.65. The van der Waals surface area contributed by atoms with E-state index in [2.05, 4.69) is 25.9 Å². The van der Waals surface area contributed by atoms with Gasteiger partial charge >= 0.3 is 0 Å². The van der Waals surface area contributed by atoms with Crippen LogP contribution >= 0.6 is 0 Å². The lowest BCUT2D eigenvalue weighted by Gasteiger charge is -2.15. The summed E-state index contributed by atoms with van der Waals surface area (Å²) >= 11 is 0. The molecule has 2 N–H and O–H groups in total. The number of aromatic amines is 1. The summed E-state index contributed by atoms with van der Waals surface area (Å²) in [5, 5.41) is 17.0. The SMILES string of the molecule is Cc1ccc(NC(=O)[C@H](Cc2ccccc2C)c2nn[nH]n2)cc1. The van der Waals surface area contributed by atoms with E-state index in [4.69, 9.17) is 0 Å². The van der Waals surface area contributed by atoms with Crippen molar-refractivity contribution in [2.45, 2.75) is 26.2 Å². The van der Waals surface area contributed by atoms with E-state index in [9.17, 15) is 4.79 Å². The molecule has 6 heteroatoms. The Morgan fingerprint density at radius 1 is 1.12 bits per heavy atom. The van der Waals surface area contributed by atoms with Crippen molar-refractivity contribution in [1.29, 1.82) is 0 Å². The Hall–Kier alpha value is -3.02. The molecule has 1 aromatic heterocycles. The third-order valence-corrected chi connectivity index (χ3v) is 3.99. The fourth-order valence-electron chi connectivity index (χ4n) is 2.54. The summed E-state index contributed by atoms with van der Waals surface area (Å²) in [7, 11) is 0. The number of tetrazole rings is 1. The molecule has 24 heavy (non-hydrogen) atoms. The summed E-state index contributed by atoms with van der Waals surface area (Å²) in [6.45, 7) is 4.03. The first-order valence-electron chi connectivity index (χ1n) is 7.79. The summed E-state index contributed by atoms with van der Waals surface area (Å²) in [6.07, 6.45) is 0.518. The van der Waals surface area contributed by atoms with E-state index in [1.54, 1.807) is 0 Å². The van der Waals surface area contributed by atoms with Crippen LogP contribution in [0, 0.1) is 13.8 Å². The highest BCUT2D eigenvalue weighted by molar-refractivity contribution is 5.95. The van der Waals surface area contributed by atoms with Crippen molar-refractivity contribution >= 4 is 11.6 Å². The van der Waals surface area contributed by atoms with Gasteiger partial charge in [0.25, 0.3) is 0 Å². The van der Waals surface area contributed by atoms with E-state index in [1.165, 1.54) is 0 Å². The number of nitrogens with one attached hydrogen (secondary N) is 2. The molecule has 1 amide bonds. The second-order valence-electron chi connectivity index (χ2n) is 5.81. The van der Waals surface area contributed by atoms with Crippen LogP contribution in [0.15, 0.2) is 48.5 Å². The fraction of sp³-hybridized carbons (Fsp3) is 0.222. The van der Waals surface area contributed by atoms with Gasteiger partial charge in [-0.2, -0.15) is 5.21 Å². The van der Waals surface area contributed by atoms with Gasteiger partial charge in [0.2, 0.25) is 5.91 Å². The molecule has 0 bridgehead atoms. The highest BCUT2D eigenvalue weighted by Crippen LogP contribution is 2.22. The van der Waals surface area contributed by atoms with Crippen LogP contribution in [-0.2, 0) is 11.2 Å². The molecular weight excluding hydrogens is 302 g/mol. The van der Waals surface area contributed by atoms with Crippen molar-refractivity contribution in [1.82, 2.24) is 20.6 Å². The van der Waals surface area contributed by atoms with Gasteiger partial charge in [-0.1, -0.05) is 47.2 Å². The summed E-state index contributed by atoms with van der Waals surface area (Å²) in [4.78, 5) is 12.8. The zero-order valence-corrected chi connectivity index (χ0v) is 13.7. The van der Waals surface area contributed by atoms with Crippen LogP contribution in [0.2, 0.25) is 0 Å². The number of nitrogens with zero attached hydrogens (tertiary/aromatic N) is 3. The average Bonchev–Trinajstić information content (AvgIpc) is 3.10. The topological polar surface area (TPSA) is 83.6 Å². The normalized spacial score (nSPS) is 11.9. The van der Waals surface area contributed by atoms with E-state index < -0.39 is 5.92 Å². The average molecular weight is 321 g/mol. The number of rotatable bonds is 5. The highest BCUT2D eigenvalue weighted by Gasteiger charge is 2.26. The standard InChI is InChI=1S/C18H19N5O/c1-12-7-9-15(10-8-12)19-18(24)16(17-20-22-23-21-17)11-14-6-4-3-5-13(14)2/h3-10,16H,11H2,1-2H3,(H,19,24)(H,20,21,22,23)/t16-/m1/s1. The molecule has 0 fully saturated rings. The van der Waals surface area contributed by atoms with Crippen molar-refractivity contribution in [2.75, 3.05) is 5.32 Å². The number of amides is 1. The van der Waals surface area contributed by atoms with E-state index in [0.29, 0.717) is 12.2 Å². The number of aromatic nitrogens is 4. The fourth-order valence-corrected chi connectivity index (χ4v) is 2.54. The highest BCUT2D eigenvalue weighted by atomic mass is 16.1. The van der Waals surface area contributed by atoms with Crippen molar-refractivity contribution in [2.24, 2.45) is 0 Å². The third kappa shape index (κ3) is 3.65. The van der Waals surface area contributed by atoms with Crippen LogP contribution in [0.3, 0.4) is 0 Å².